The molecular weight excluding hydrogens is 282 g/mol. The Morgan fingerprint density at radius 1 is 1.10 bits per heavy atom. The second-order valence-electron chi connectivity index (χ2n) is 4.36. The molecule has 0 aliphatic rings. The van der Waals surface area contributed by atoms with E-state index in [9.17, 15) is 0 Å². The highest BCUT2D eigenvalue weighted by molar-refractivity contribution is 7.80. The molecule has 2 aromatic carbocycles. The summed E-state index contributed by atoms with van der Waals surface area (Å²) in [5.41, 5.74) is 5.60. The van der Waals surface area contributed by atoms with Gasteiger partial charge >= 0.3 is 0 Å². The number of nitrogens with zero attached hydrogens (tertiary/aromatic N) is 1. The zero-order valence-electron chi connectivity index (χ0n) is 12.0. The number of methoxy groups -OCH3 is 1. The molecule has 0 unspecified atom stereocenters. The monoisotopic (exact) mass is 299 g/mol. The van der Waals surface area contributed by atoms with Crippen LogP contribution in [0.25, 0.3) is 0 Å². The summed E-state index contributed by atoms with van der Waals surface area (Å²) in [6.07, 6.45) is 0. The zero-order valence-corrected chi connectivity index (χ0v) is 12.8. The number of hydrogen-bond acceptors (Lipinski definition) is 3. The number of nitrogens with one attached hydrogen (secondary N) is 2. The van der Waals surface area contributed by atoms with Gasteiger partial charge in [-0.3, -0.25) is 5.43 Å². The Hall–Kier alpha value is -2.40. The average Bonchev–Trinajstić information content (AvgIpc) is 2.53. The molecule has 0 radical (unpaired) electrons. The molecule has 21 heavy (non-hydrogen) atoms. The van der Waals surface area contributed by atoms with Gasteiger partial charge in [-0.1, -0.05) is 36.4 Å². The van der Waals surface area contributed by atoms with Gasteiger partial charge in [-0.15, -0.1) is 0 Å². The number of rotatable bonds is 4. The van der Waals surface area contributed by atoms with Crippen molar-refractivity contribution in [2.45, 2.75) is 6.92 Å². The summed E-state index contributed by atoms with van der Waals surface area (Å²) in [6, 6.07) is 17.5. The number of ether oxygens (including phenoxy) is 1. The van der Waals surface area contributed by atoms with Crippen LogP contribution in [0.3, 0.4) is 0 Å². The van der Waals surface area contributed by atoms with Gasteiger partial charge in [-0.25, -0.2) is 0 Å². The van der Waals surface area contributed by atoms with Crippen LogP contribution in [0.1, 0.15) is 12.5 Å². The largest absolute Gasteiger partial charge is 0.497 e. The fourth-order valence-corrected chi connectivity index (χ4v) is 1.90. The van der Waals surface area contributed by atoms with E-state index < -0.39 is 0 Å². The van der Waals surface area contributed by atoms with Gasteiger partial charge in [0.25, 0.3) is 0 Å². The molecule has 0 saturated carbocycles. The van der Waals surface area contributed by atoms with E-state index in [2.05, 4.69) is 15.8 Å². The lowest BCUT2D eigenvalue weighted by molar-refractivity contribution is 0.415. The molecule has 5 heteroatoms. The zero-order chi connectivity index (χ0) is 15.1. The first-order chi connectivity index (χ1) is 10.2. The molecule has 0 atom stereocenters. The maximum atomic E-state index is 5.21. The third kappa shape index (κ3) is 4.57. The van der Waals surface area contributed by atoms with Gasteiger partial charge < -0.3 is 10.1 Å². The molecule has 0 amide bonds. The fraction of sp³-hybridized carbons (Fsp3) is 0.125. The summed E-state index contributed by atoms with van der Waals surface area (Å²) in [5.74, 6) is 0.770. The lowest BCUT2D eigenvalue weighted by atomic mass is 10.1. The Bertz CT molecular complexity index is 641. The van der Waals surface area contributed by atoms with Crippen LogP contribution in [-0.2, 0) is 0 Å². The molecule has 2 N–H and O–H groups in total. The number of benzene rings is 2. The second kappa shape index (κ2) is 7.40. The molecule has 4 nitrogen and oxygen atoms in total. The number of hydrogen-bond donors (Lipinski definition) is 2. The average molecular weight is 299 g/mol. The lowest BCUT2D eigenvalue weighted by Crippen LogP contribution is -2.24. The van der Waals surface area contributed by atoms with Crippen molar-refractivity contribution >= 4 is 28.7 Å². The van der Waals surface area contributed by atoms with Crippen molar-refractivity contribution < 1.29 is 4.74 Å². The summed E-state index contributed by atoms with van der Waals surface area (Å²) >= 11 is 5.21. The summed E-state index contributed by atoms with van der Waals surface area (Å²) in [4.78, 5) is 0. The van der Waals surface area contributed by atoms with Crippen molar-refractivity contribution in [3.63, 3.8) is 0 Å². The minimum atomic E-state index is 0.429. The van der Waals surface area contributed by atoms with E-state index in [4.69, 9.17) is 17.0 Å². The van der Waals surface area contributed by atoms with Crippen LogP contribution in [0, 0.1) is 0 Å². The minimum absolute atomic E-state index is 0.429. The standard InChI is InChI=1S/C16H17N3OS/c1-12(13-7-4-3-5-8-13)18-19-16(21)17-14-9-6-10-15(11-14)20-2/h3-11H,1-2H3,(H2,17,19,21)/b18-12+. The highest BCUT2D eigenvalue weighted by Gasteiger charge is 2.00. The Labute approximate surface area is 129 Å². The van der Waals surface area contributed by atoms with Crippen LogP contribution >= 0.6 is 12.2 Å². The van der Waals surface area contributed by atoms with Crippen molar-refractivity contribution in [3.05, 3.63) is 60.2 Å². The highest BCUT2D eigenvalue weighted by Crippen LogP contribution is 2.16. The Balaban J connectivity index is 1.95. The molecule has 0 fully saturated rings. The van der Waals surface area contributed by atoms with Crippen LogP contribution in [-0.4, -0.2) is 17.9 Å². The van der Waals surface area contributed by atoms with Crippen LogP contribution in [0.2, 0.25) is 0 Å². The third-order valence-electron chi connectivity index (χ3n) is 2.84. The molecule has 2 rings (SSSR count). The van der Waals surface area contributed by atoms with Gasteiger partial charge in [0.2, 0.25) is 0 Å². The van der Waals surface area contributed by atoms with E-state index in [1.165, 1.54) is 0 Å². The second-order valence-corrected chi connectivity index (χ2v) is 4.77. The maximum Gasteiger partial charge on any atom is 0.191 e. The number of anilines is 1. The van der Waals surface area contributed by atoms with Crippen molar-refractivity contribution in [2.75, 3.05) is 12.4 Å². The molecule has 0 aliphatic carbocycles. The van der Waals surface area contributed by atoms with Crippen LogP contribution < -0.4 is 15.5 Å². The molecule has 108 valence electrons. The topological polar surface area (TPSA) is 45.6 Å². The van der Waals surface area contributed by atoms with Gasteiger partial charge in [0, 0.05) is 11.8 Å². The Morgan fingerprint density at radius 3 is 2.57 bits per heavy atom. The minimum Gasteiger partial charge on any atom is -0.497 e. The Morgan fingerprint density at radius 2 is 1.86 bits per heavy atom. The smallest absolute Gasteiger partial charge is 0.191 e. The van der Waals surface area contributed by atoms with Gasteiger partial charge in [0.1, 0.15) is 5.75 Å². The Kier molecular flexibility index (Phi) is 5.29. The molecule has 0 aromatic heterocycles. The highest BCUT2D eigenvalue weighted by atomic mass is 32.1. The predicted molar refractivity (Wildman–Crippen MR) is 91.0 cm³/mol. The van der Waals surface area contributed by atoms with Crippen molar-refractivity contribution in [1.82, 2.24) is 5.43 Å². The number of hydrazone groups is 1. The van der Waals surface area contributed by atoms with E-state index in [0.29, 0.717) is 5.11 Å². The molecule has 0 aliphatic heterocycles. The lowest BCUT2D eigenvalue weighted by Gasteiger charge is -2.09. The molecule has 0 heterocycles. The molecule has 0 spiro atoms. The third-order valence-corrected chi connectivity index (χ3v) is 3.04. The number of thiocarbonyl (C=S) groups is 1. The first kappa shape index (κ1) is 15.0. The fourth-order valence-electron chi connectivity index (χ4n) is 1.74. The van der Waals surface area contributed by atoms with E-state index in [1.54, 1.807) is 7.11 Å². The molecular formula is C16H17N3OS. The van der Waals surface area contributed by atoms with E-state index in [1.807, 2.05) is 61.5 Å². The van der Waals surface area contributed by atoms with E-state index in [0.717, 1.165) is 22.7 Å². The first-order valence-corrected chi connectivity index (χ1v) is 6.90. The van der Waals surface area contributed by atoms with Crippen molar-refractivity contribution in [1.29, 1.82) is 0 Å². The van der Waals surface area contributed by atoms with Gasteiger partial charge in [-0.2, -0.15) is 5.10 Å². The van der Waals surface area contributed by atoms with E-state index >= 15 is 0 Å². The van der Waals surface area contributed by atoms with Gasteiger partial charge in [0.15, 0.2) is 5.11 Å². The summed E-state index contributed by atoms with van der Waals surface area (Å²) in [6.45, 7) is 1.93. The molecule has 2 aromatic rings. The van der Waals surface area contributed by atoms with Crippen LogP contribution in [0.15, 0.2) is 59.7 Å². The SMILES string of the molecule is COc1cccc(NC(=S)N/N=C(\C)c2ccccc2)c1. The first-order valence-electron chi connectivity index (χ1n) is 6.50. The van der Waals surface area contributed by atoms with Gasteiger partial charge in [0.05, 0.1) is 12.8 Å². The van der Waals surface area contributed by atoms with Crippen LogP contribution in [0.4, 0.5) is 5.69 Å². The quantitative estimate of drug-likeness (QED) is 0.516. The molecule has 0 saturated heterocycles. The van der Waals surface area contributed by atoms with Crippen molar-refractivity contribution in [3.8, 4) is 5.75 Å². The summed E-state index contributed by atoms with van der Waals surface area (Å²) in [5, 5.41) is 7.75. The summed E-state index contributed by atoms with van der Waals surface area (Å²) in [7, 11) is 1.63. The van der Waals surface area contributed by atoms with Gasteiger partial charge in [-0.05, 0) is 36.8 Å². The molecule has 0 bridgehead atoms. The maximum absolute atomic E-state index is 5.21. The van der Waals surface area contributed by atoms with E-state index in [-0.39, 0.29) is 0 Å². The van der Waals surface area contributed by atoms with Crippen molar-refractivity contribution in [2.24, 2.45) is 5.10 Å². The summed E-state index contributed by atoms with van der Waals surface area (Å²) < 4.78 is 5.16. The normalized spacial score (nSPS) is 10.9. The van der Waals surface area contributed by atoms with Crippen LogP contribution in [0.5, 0.6) is 5.75 Å². The predicted octanol–water partition coefficient (Wildman–Crippen LogP) is 3.41.